The number of carbonyl (C=O) groups is 1. The first-order chi connectivity index (χ1) is 10.3. The molecule has 0 aliphatic heterocycles. The Kier molecular flexibility index (Phi) is 5.08. The lowest BCUT2D eigenvalue weighted by Crippen LogP contribution is -2.43. The first-order valence-electron chi connectivity index (χ1n) is 7.38. The number of hydrogen-bond acceptors (Lipinski definition) is 3. The monoisotopic (exact) mass is 325 g/mol. The molecule has 0 saturated heterocycles. The van der Waals surface area contributed by atoms with Gasteiger partial charge in [-0.3, -0.25) is 0 Å². The molecule has 7 heteroatoms. The van der Waals surface area contributed by atoms with E-state index < -0.39 is 10.0 Å². The summed E-state index contributed by atoms with van der Waals surface area (Å²) in [5.41, 5.74) is 0.747. The molecular weight excluding hydrogens is 302 g/mol. The van der Waals surface area contributed by atoms with Gasteiger partial charge in [-0.2, -0.15) is 0 Å². The molecule has 1 aliphatic rings. The first kappa shape index (κ1) is 16.8. The van der Waals surface area contributed by atoms with Crippen LogP contribution < -0.4 is 10.0 Å². The number of sulfonamides is 1. The summed E-state index contributed by atoms with van der Waals surface area (Å²) in [4.78, 5) is 14.0. The van der Waals surface area contributed by atoms with E-state index in [9.17, 15) is 13.2 Å². The molecule has 1 aliphatic carbocycles. The number of nitrogens with one attached hydrogen (secondary N) is 2. The molecule has 2 N–H and O–H groups in total. The highest BCUT2D eigenvalue weighted by molar-refractivity contribution is 7.89. The average molecular weight is 325 g/mol. The predicted molar refractivity (Wildman–Crippen MR) is 84.9 cm³/mol. The molecule has 6 nitrogen and oxygen atoms in total. The molecule has 0 aromatic heterocycles. The molecule has 1 unspecified atom stereocenters. The summed E-state index contributed by atoms with van der Waals surface area (Å²) in [6.45, 7) is 2.35. The number of carbonyl (C=O) groups excluding carboxylic acids is 1. The molecule has 0 bridgehead atoms. The maximum Gasteiger partial charge on any atom is 0.317 e. The Morgan fingerprint density at radius 3 is 2.68 bits per heavy atom. The Bertz CT molecular complexity index is 641. The Morgan fingerprint density at radius 2 is 2.09 bits per heavy atom. The molecule has 1 fully saturated rings. The highest BCUT2D eigenvalue weighted by atomic mass is 32.2. The van der Waals surface area contributed by atoms with Gasteiger partial charge in [0, 0.05) is 19.6 Å². The van der Waals surface area contributed by atoms with Crippen molar-refractivity contribution in [1.82, 2.24) is 14.9 Å². The molecule has 1 aromatic rings. The maximum absolute atomic E-state index is 12.1. The topological polar surface area (TPSA) is 78.5 Å². The Balaban J connectivity index is 1.96. The summed E-state index contributed by atoms with van der Waals surface area (Å²) >= 11 is 0. The van der Waals surface area contributed by atoms with Gasteiger partial charge in [-0.25, -0.2) is 17.9 Å². The van der Waals surface area contributed by atoms with E-state index in [1.54, 1.807) is 30.1 Å². The standard InChI is InChI=1S/C15H23N3O3S/c1-11(13-7-8-13)18(3)15(19)17-10-12-5-4-6-14(9-12)22(20,21)16-2/h4-6,9,11,13,16H,7-8,10H2,1-3H3,(H,17,19). The van der Waals surface area contributed by atoms with Crippen LogP contribution in [0.3, 0.4) is 0 Å². The van der Waals surface area contributed by atoms with Crippen LogP contribution in [0.15, 0.2) is 29.2 Å². The Labute approximate surface area is 131 Å². The van der Waals surface area contributed by atoms with Gasteiger partial charge in [0.1, 0.15) is 0 Å². The predicted octanol–water partition coefficient (Wildman–Crippen LogP) is 1.53. The Morgan fingerprint density at radius 1 is 1.41 bits per heavy atom. The van der Waals surface area contributed by atoms with Gasteiger partial charge in [0.15, 0.2) is 0 Å². The zero-order chi connectivity index (χ0) is 16.3. The van der Waals surface area contributed by atoms with Crippen LogP contribution in [0, 0.1) is 5.92 Å². The number of hydrogen-bond donors (Lipinski definition) is 2. The van der Waals surface area contributed by atoms with Crippen molar-refractivity contribution in [3.63, 3.8) is 0 Å². The minimum Gasteiger partial charge on any atom is -0.334 e. The lowest BCUT2D eigenvalue weighted by molar-refractivity contribution is 0.187. The number of benzene rings is 1. The van der Waals surface area contributed by atoms with Crippen LogP contribution in [0.5, 0.6) is 0 Å². The second-order valence-corrected chi connectivity index (χ2v) is 7.59. The molecule has 0 heterocycles. The summed E-state index contributed by atoms with van der Waals surface area (Å²) in [7, 11) is -0.300. The maximum atomic E-state index is 12.1. The van der Waals surface area contributed by atoms with E-state index in [2.05, 4.69) is 17.0 Å². The lowest BCUT2D eigenvalue weighted by atomic mass is 10.2. The molecule has 2 amide bonds. The largest absolute Gasteiger partial charge is 0.334 e. The fourth-order valence-electron chi connectivity index (χ4n) is 2.32. The van der Waals surface area contributed by atoms with Crippen LogP contribution in [0.2, 0.25) is 0 Å². The van der Waals surface area contributed by atoms with Crippen molar-refractivity contribution < 1.29 is 13.2 Å². The zero-order valence-corrected chi connectivity index (χ0v) is 14.0. The summed E-state index contributed by atoms with van der Waals surface area (Å²) in [6.07, 6.45) is 2.37. The normalized spacial score (nSPS) is 16.1. The van der Waals surface area contributed by atoms with Crippen LogP contribution in [0.1, 0.15) is 25.3 Å². The van der Waals surface area contributed by atoms with E-state index in [1.165, 1.54) is 26.0 Å². The van der Waals surface area contributed by atoms with Crippen LogP contribution in [-0.2, 0) is 16.6 Å². The first-order valence-corrected chi connectivity index (χ1v) is 8.86. The van der Waals surface area contributed by atoms with Gasteiger partial charge >= 0.3 is 6.03 Å². The second kappa shape index (κ2) is 6.66. The van der Waals surface area contributed by atoms with Crippen molar-refractivity contribution in [3.8, 4) is 0 Å². The number of nitrogens with zero attached hydrogens (tertiary/aromatic N) is 1. The van der Waals surface area contributed by atoms with Gasteiger partial charge in [0.2, 0.25) is 10.0 Å². The van der Waals surface area contributed by atoms with Crippen molar-refractivity contribution in [2.45, 2.75) is 37.2 Å². The van der Waals surface area contributed by atoms with Gasteiger partial charge in [-0.1, -0.05) is 12.1 Å². The highest BCUT2D eigenvalue weighted by Gasteiger charge is 2.32. The van der Waals surface area contributed by atoms with E-state index in [-0.39, 0.29) is 17.0 Å². The molecule has 122 valence electrons. The van der Waals surface area contributed by atoms with Gasteiger partial charge in [-0.05, 0) is 50.4 Å². The fraction of sp³-hybridized carbons (Fsp3) is 0.533. The molecule has 2 rings (SSSR count). The van der Waals surface area contributed by atoms with Crippen LogP contribution in [-0.4, -0.2) is 39.5 Å². The van der Waals surface area contributed by atoms with Gasteiger partial charge < -0.3 is 10.2 Å². The number of amides is 2. The highest BCUT2D eigenvalue weighted by Crippen LogP contribution is 2.34. The third-order valence-electron chi connectivity index (χ3n) is 4.16. The number of urea groups is 1. The SMILES string of the molecule is CNS(=O)(=O)c1cccc(CNC(=O)N(C)C(C)C2CC2)c1. The summed E-state index contributed by atoms with van der Waals surface area (Å²) in [6, 6.07) is 6.65. The van der Waals surface area contributed by atoms with Crippen LogP contribution in [0.25, 0.3) is 0 Å². The van der Waals surface area contributed by atoms with Crippen LogP contribution >= 0.6 is 0 Å². The van der Waals surface area contributed by atoms with Crippen molar-refractivity contribution in [2.24, 2.45) is 5.92 Å². The molecular formula is C15H23N3O3S. The van der Waals surface area contributed by atoms with Crippen molar-refractivity contribution in [3.05, 3.63) is 29.8 Å². The summed E-state index contributed by atoms with van der Waals surface area (Å²) < 4.78 is 25.8. The van der Waals surface area contributed by atoms with Crippen molar-refractivity contribution >= 4 is 16.1 Å². The second-order valence-electron chi connectivity index (χ2n) is 5.70. The fourth-order valence-corrected chi connectivity index (χ4v) is 3.12. The molecule has 1 saturated carbocycles. The molecule has 0 spiro atoms. The van der Waals surface area contributed by atoms with Gasteiger partial charge in [0.05, 0.1) is 4.90 Å². The number of rotatable bonds is 6. The van der Waals surface area contributed by atoms with E-state index in [0.717, 1.165) is 5.56 Å². The average Bonchev–Trinajstić information content (AvgIpc) is 3.36. The third kappa shape index (κ3) is 3.98. The molecule has 22 heavy (non-hydrogen) atoms. The molecule has 0 radical (unpaired) electrons. The van der Waals surface area contributed by atoms with Gasteiger partial charge in [0.25, 0.3) is 0 Å². The van der Waals surface area contributed by atoms with E-state index in [0.29, 0.717) is 12.5 Å². The zero-order valence-electron chi connectivity index (χ0n) is 13.2. The molecule has 1 atom stereocenters. The smallest absolute Gasteiger partial charge is 0.317 e. The van der Waals surface area contributed by atoms with E-state index in [4.69, 9.17) is 0 Å². The van der Waals surface area contributed by atoms with E-state index >= 15 is 0 Å². The summed E-state index contributed by atoms with van der Waals surface area (Å²) in [5, 5.41) is 2.83. The molecule has 1 aromatic carbocycles. The van der Waals surface area contributed by atoms with Gasteiger partial charge in [-0.15, -0.1) is 0 Å². The van der Waals surface area contributed by atoms with E-state index in [1.807, 2.05) is 0 Å². The lowest BCUT2D eigenvalue weighted by Gasteiger charge is -2.25. The quantitative estimate of drug-likeness (QED) is 0.832. The minimum atomic E-state index is -3.47. The van der Waals surface area contributed by atoms with Crippen molar-refractivity contribution in [2.75, 3.05) is 14.1 Å². The Hall–Kier alpha value is -1.60. The summed E-state index contributed by atoms with van der Waals surface area (Å²) in [5.74, 6) is 0.611. The third-order valence-corrected chi connectivity index (χ3v) is 5.57. The van der Waals surface area contributed by atoms with Crippen LogP contribution in [0.4, 0.5) is 4.79 Å². The van der Waals surface area contributed by atoms with Crippen molar-refractivity contribution in [1.29, 1.82) is 0 Å². The minimum absolute atomic E-state index is 0.138.